The van der Waals surface area contributed by atoms with Crippen molar-refractivity contribution < 1.29 is 23.7 Å². The van der Waals surface area contributed by atoms with Gasteiger partial charge in [-0.25, -0.2) is 4.57 Å². The molecule has 0 aromatic heterocycles. The third kappa shape index (κ3) is 8.87. The lowest BCUT2D eigenvalue weighted by molar-refractivity contribution is -0.130. The molecule has 28 heavy (non-hydrogen) atoms. The van der Waals surface area contributed by atoms with Crippen LogP contribution in [-0.4, -0.2) is 39.8 Å². The molecular formula is C21H34NO5P. The molecule has 0 saturated carbocycles. The number of benzene rings is 1. The summed E-state index contributed by atoms with van der Waals surface area (Å²) in [4.78, 5) is 31.5. The quantitative estimate of drug-likeness (QED) is 0.397. The first kappa shape index (κ1) is 23.1. The average Bonchev–Trinajstić information content (AvgIpc) is 3.11. The van der Waals surface area contributed by atoms with Gasteiger partial charge in [0.25, 0.3) is 0 Å². The first-order valence-corrected chi connectivity index (χ1v) is 12.0. The van der Waals surface area contributed by atoms with Crippen molar-refractivity contribution in [3.05, 3.63) is 35.4 Å². The van der Waals surface area contributed by atoms with E-state index in [2.05, 4.69) is 35.7 Å². The molecule has 6 nitrogen and oxygen atoms in total. The molecule has 1 heterocycles. The van der Waals surface area contributed by atoms with Crippen LogP contribution in [0.3, 0.4) is 0 Å². The van der Waals surface area contributed by atoms with Crippen LogP contribution in [0.5, 0.6) is 0 Å². The number of rotatable bonds is 12. The van der Waals surface area contributed by atoms with Crippen molar-refractivity contribution in [2.24, 2.45) is 0 Å². The Morgan fingerprint density at radius 2 is 1.68 bits per heavy atom. The molecule has 0 unspecified atom stereocenters. The minimum absolute atomic E-state index is 0.0624. The summed E-state index contributed by atoms with van der Waals surface area (Å²) in [5, 5.41) is 0. The lowest BCUT2D eigenvalue weighted by Crippen LogP contribution is -2.29. The molecule has 0 aliphatic carbocycles. The van der Waals surface area contributed by atoms with E-state index in [9.17, 15) is 9.36 Å². The summed E-state index contributed by atoms with van der Waals surface area (Å²) in [5.74, 6) is 0.0624. The fraction of sp³-hybridized carbons (Fsp3) is 0.667. The summed E-state index contributed by atoms with van der Waals surface area (Å²) in [6.45, 7) is 2.97. The summed E-state index contributed by atoms with van der Waals surface area (Å²) in [7, 11) is -4.47. The molecule has 2 N–H and O–H groups in total. The Kier molecular flexibility index (Phi) is 9.66. The average molecular weight is 411 g/mol. The normalized spacial score (nSPS) is 17.2. The van der Waals surface area contributed by atoms with E-state index in [1.54, 1.807) is 4.90 Å². The predicted molar refractivity (Wildman–Crippen MR) is 110 cm³/mol. The van der Waals surface area contributed by atoms with Crippen molar-refractivity contribution in [2.75, 3.05) is 13.1 Å². The Hall–Kier alpha value is -1.20. The number of nitrogens with zero attached hydrogens (tertiary/aromatic N) is 1. The lowest BCUT2D eigenvalue weighted by Gasteiger charge is -2.16. The first-order chi connectivity index (χ1) is 13.4. The number of unbranched alkanes of at least 4 members (excludes halogenated alkanes) is 5. The highest BCUT2D eigenvalue weighted by Crippen LogP contribution is 2.39. The number of carbonyl (C=O) groups is 1. The van der Waals surface area contributed by atoms with Crippen LogP contribution in [0.15, 0.2) is 24.3 Å². The number of phosphoric ester groups is 1. The molecule has 1 atom stereocenters. The molecule has 1 saturated heterocycles. The van der Waals surface area contributed by atoms with Crippen molar-refractivity contribution >= 4 is 13.7 Å². The van der Waals surface area contributed by atoms with Crippen LogP contribution in [0.4, 0.5) is 0 Å². The van der Waals surface area contributed by atoms with Gasteiger partial charge >= 0.3 is 7.82 Å². The third-order valence-electron chi connectivity index (χ3n) is 5.32. The zero-order valence-electron chi connectivity index (χ0n) is 16.9. The van der Waals surface area contributed by atoms with E-state index in [-0.39, 0.29) is 12.5 Å². The Morgan fingerprint density at radius 1 is 1.07 bits per heavy atom. The second kappa shape index (κ2) is 11.7. The van der Waals surface area contributed by atoms with Crippen LogP contribution in [0.2, 0.25) is 0 Å². The van der Waals surface area contributed by atoms with Crippen LogP contribution >= 0.6 is 7.82 Å². The SMILES string of the molecule is CCc1ccc(CCCCCCCCC(=O)N2CC[C@@H](OP(=O)(O)O)C2)cc1. The van der Waals surface area contributed by atoms with Crippen LogP contribution < -0.4 is 0 Å². The molecule has 1 aromatic carbocycles. The highest BCUT2D eigenvalue weighted by atomic mass is 31.2. The van der Waals surface area contributed by atoms with Gasteiger partial charge in [-0.2, -0.15) is 0 Å². The van der Waals surface area contributed by atoms with E-state index in [0.717, 1.165) is 32.1 Å². The van der Waals surface area contributed by atoms with Gasteiger partial charge in [-0.1, -0.05) is 56.9 Å². The van der Waals surface area contributed by atoms with Gasteiger partial charge in [0.05, 0.1) is 6.10 Å². The van der Waals surface area contributed by atoms with Gasteiger partial charge in [-0.05, 0) is 43.2 Å². The second-order valence-electron chi connectivity index (χ2n) is 7.64. The number of carbonyl (C=O) groups excluding carboxylic acids is 1. The maximum absolute atomic E-state index is 12.2. The van der Waals surface area contributed by atoms with E-state index in [1.807, 2.05) is 0 Å². The summed E-state index contributed by atoms with van der Waals surface area (Å²) in [6, 6.07) is 8.90. The Labute approximate surface area is 168 Å². The maximum atomic E-state index is 12.2. The van der Waals surface area contributed by atoms with E-state index >= 15 is 0 Å². The fourth-order valence-corrected chi connectivity index (χ4v) is 4.21. The second-order valence-corrected chi connectivity index (χ2v) is 8.83. The number of amides is 1. The summed E-state index contributed by atoms with van der Waals surface area (Å²) >= 11 is 0. The molecule has 0 bridgehead atoms. The fourth-order valence-electron chi connectivity index (χ4n) is 3.65. The maximum Gasteiger partial charge on any atom is 0.469 e. The number of aryl methyl sites for hydroxylation is 2. The summed E-state index contributed by atoms with van der Waals surface area (Å²) in [6.07, 6.45) is 9.35. The van der Waals surface area contributed by atoms with Crippen molar-refractivity contribution in [3.63, 3.8) is 0 Å². The molecule has 1 amide bonds. The monoisotopic (exact) mass is 411 g/mol. The van der Waals surface area contributed by atoms with Gasteiger partial charge in [0.2, 0.25) is 5.91 Å². The molecule has 2 rings (SSSR count). The number of phosphoric acid groups is 1. The van der Waals surface area contributed by atoms with Gasteiger partial charge in [0.1, 0.15) is 0 Å². The minimum atomic E-state index is -4.47. The van der Waals surface area contributed by atoms with E-state index in [4.69, 9.17) is 9.79 Å². The number of likely N-dealkylation sites (tertiary alicyclic amines) is 1. The Morgan fingerprint density at radius 3 is 2.32 bits per heavy atom. The number of hydrogen-bond acceptors (Lipinski definition) is 3. The summed E-state index contributed by atoms with van der Waals surface area (Å²) in [5.41, 5.74) is 2.80. The minimum Gasteiger partial charge on any atom is -0.340 e. The molecule has 1 aliphatic heterocycles. The molecule has 0 radical (unpaired) electrons. The zero-order valence-corrected chi connectivity index (χ0v) is 17.8. The van der Waals surface area contributed by atoms with Crippen LogP contribution in [0.25, 0.3) is 0 Å². The Balaban J connectivity index is 1.48. The largest absolute Gasteiger partial charge is 0.469 e. The van der Waals surface area contributed by atoms with Crippen molar-refractivity contribution in [1.82, 2.24) is 4.90 Å². The molecule has 1 fully saturated rings. The third-order valence-corrected chi connectivity index (χ3v) is 5.89. The predicted octanol–water partition coefficient (Wildman–Crippen LogP) is 4.23. The highest BCUT2D eigenvalue weighted by molar-refractivity contribution is 7.46. The van der Waals surface area contributed by atoms with Crippen molar-refractivity contribution in [3.8, 4) is 0 Å². The van der Waals surface area contributed by atoms with Crippen molar-refractivity contribution in [1.29, 1.82) is 0 Å². The Bertz CT molecular complexity index is 643. The number of hydrogen-bond donors (Lipinski definition) is 2. The van der Waals surface area contributed by atoms with Crippen LogP contribution in [0, 0.1) is 0 Å². The van der Waals surface area contributed by atoms with Crippen molar-refractivity contribution in [2.45, 2.75) is 77.2 Å². The van der Waals surface area contributed by atoms with E-state index < -0.39 is 13.9 Å². The molecule has 1 aromatic rings. The van der Waals surface area contributed by atoms with Gasteiger partial charge in [0, 0.05) is 19.5 Å². The van der Waals surface area contributed by atoms with Gasteiger partial charge in [-0.15, -0.1) is 0 Å². The van der Waals surface area contributed by atoms with Gasteiger partial charge < -0.3 is 14.7 Å². The van der Waals surface area contributed by atoms with E-state index in [0.29, 0.717) is 19.4 Å². The van der Waals surface area contributed by atoms with Gasteiger partial charge in [-0.3, -0.25) is 9.32 Å². The van der Waals surface area contributed by atoms with E-state index in [1.165, 1.54) is 30.4 Å². The zero-order chi connectivity index (χ0) is 20.4. The lowest BCUT2D eigenvalue weighted by atomic mass is 10.0. The molecule has 1 aliphatic rings. The first-order valence-electron chi connectivity index (χ1n) is 10.5. The standard InChI is InChI=1S/C21H34NO5P/c1-2-18-11-13-19(14-12-18)9-7-5-3-4-6-8-10-21(23)22-16-15-20(17-22)27-28(24,25)26/h11-14,20H,2-10,15-17H2,1H3,(H2,24,25,26)/t20-/m1/s1. The molecular weight excluding hydrogens is 377 g/mol. The van der Waals surface area contributed by atoms with Crippen LogP contribution in [0.1, 0.15) is 69.4 Å². The van der Waals surface area contributed by atoms with Gasteiger partial charge in [0.15, 0.2) is 0 Å². The highest BCUT2D eigenvalue weighted by Gasteiger charge is 2.31. The molecule has 0 spiro atoms. The summed E-state index contributed by atoms with van der Waals surface area (Å²) < 4.78 is 15.5. The topological polar surface area (TPSA) is 87.1 Å². The van der Waals surface area contributed by atoms with Crippen LogP contribution in [-0.2, 0) is 26.7 Å². The smallest absolute Gasteiger partial charge is 0.340 e. The molecule has 7 heteroatoms. The molecule has 158 valence electrons.